The first-order chi connectivity index (χ1) is 5.41. The van der Waals surface area contributed by atoms with Gasteiger partial charge in [0.25, 0.3) is 0 Å². The summed E-state index contributed by atoms with van der Waals surface area (Å²) in [6, 6.07) is 3.61. The molecule has 4 nitrogen and oxygen atoms in total. The Hall–Kier alpha value is -1.30. The Labute approximate surface area is 69.2 Å². The molecule has 0 bridgehead atoms. The highest BCUT2D eigenvalue weighted by atomic mass is 32.3. The number of hydrogen-bond acceptors (Lipinski definition) is 4. The first-order valence-corrected chi connectivity index (χ1v) is 4.39. The molecule has 6 heteroatoms. The minimum absolute atomic E-state index is 0.147. The van der Waals surface area contributed by atoms with Gasteiger partial charge in [-0.1, -0.05) is 0 Å². The lowest BCUT2D eigenvalue weighted by atomic mass is 10.3. The van der Waals surface area contributed by atoms with Gasteiger partial charge in [0, 0.05) is 5.69 Å². The summed E-state index contributed by atoms with van der Waals surface area (Å²) in [6.07, 6.45) is 0. The zero-order valence-corrected chi connectivity index (χ0v) is 6.81. The van der Waals surface area contributed by atoms with Crippen LogP contribution in [0.25, 0.3) is 0 Å². The van der Waals surface area contributed by atoms with Crippen LogP contribution in [0, 0.1) is 0 Å². The summed E-state index contributed by atoms with van der Waals surface area (Å²) in [5.74, 6) is 0. The smallest absolute Gasteiger partial charge is 0.334 e. The number of benzene rings is 1. The average Bonchev–Trinajstić information content (AvgIpc) is 1.92. The van der Waals surface area contributed by atoms with E-state index in [-0.39, 0.29) is 11.4 Å². The fourth-order valence-electron chi connectivity index (χ4n) is 0.762. The second-order valence-electron chi connectivity index (χ2n) is 2.24. The summed E-state index contributed by atoms with van der Waals surface area (Å²) in [5, 5.41) is 0. The summed E-state index contributed by atoms with van der Waals surface area (Å²) >= 11 is 0. The molecule has 0 aliphatic rings. The van der Waals surface area contributed by atoms with Gasteiger partial charge in [-0.2, -0.15) is 8.42 Å². The summed E-state index contributed by atoms with van der Waals surface area (Å²) in [6.45, 7) is 0. The van der Waals surface area contributed by atoms with Crippen molar-refractivity contribution < 1.29 is 12.3 Å². The molecular formula is C6H7FN2O2S. The van der Waals surface area contributed by atoms with E-state index in [0.29, 0.717) is 0 Å². The van der Waals surface area contributed by atoms with Crippen LogP contribution in [0.15, 0.2) is 23.1 Å². The van der Waals surface area contributed by atoms with Crippen LogP contribution in [0.2, 0.25) is 0 Å². The topological polar surface area (TPSA) is 86.2 Å². The summed E-state index contributed by atoms with van der Waals surface area (Å²) < 4.78 is 33.2. The van der Waals surface area contributed by atoms with Gasteiger partial charge in [0.1, 0.15) is 4.90 Å². The van der Waals surface area contributed by atoms with E-state index in [2.05, 4.69) is 0 Å². The molecule has 0 aliphatic heterocycles. The lowest BCUT2D eigenvalue weighted by Crippen LogP contribution is -2.00. The molecule has 0 saturated heterocycles. The van der Waals surface area contributed by atoms with Gasteiger partial charge in [-0.3, -0.25) is 0 Å². The molecule has 1 rings (SSSR count). The molecule has 1 aromatic rings. The fraction of sp³-hybridized carbons (Fsp3) is 0. The van der Waals surface area contributed by atoms with E-state index < -0.39 is 15.1 Å². The van der Waals surface area contributed by atoms with Crippen molar-refractivity contribution in [1.82, 2.24) is 0 Å². The molecule has 0 aliphatic carbocycles. The van der Waals surface area contributed by atoms with Gasteiger partial charge >= 0.3 is 10.2 Å². The van der Waals surface area contributed by atoms with Crippen molar-refractivity contribution in [2.75, 3.05) is 11.5 Å². The molecule has 0 spiro atoms. The first-order valence-electron chi connectivity index (χ1n) is 3.01. The Bertz CT molecular complexity index is 402. The highest BCUT2D eigenvalue weighted by Crippen LogP contribution is 2.22. The Kier molecular flexibility index (Phi) is 1.93. The molecule has 0 unspecified atom stereocenters. The SMILES string of the molecule is Nc1ccc(N)c(S(=O)(=O)F)c1. The summed E-state index contributed by atoms with van der Waals surface area (Å²) in [5.41, 5.74) is 10.4. The van der Waals surface area contributed by atoms with Crippen molar-refractivity contribution >= 4 is 21.6 Å². The zero-order chi connectivity index (χ0) is 9.35. The van der Waals surface area contributed by atoms with Crippen molar-refractivity contribution in [3.05, 3.63) is 18.2 Å². The standard InChI is InChI=1S/C6H7FN2O2S/c7-12(10,11)6-3-4(8)1-2-5(6)9/h1-3H,8-9H2. The minimum atomic E-state index is -4.76. The molecule has 0 amide bonds. The van der Waals surface area contributed by atoms with Crippen molar-refractivity contribution in [2.45, 2.75) is 4.90 Å². The Balaban J connectivity index is 3.43. The van der Waals surface area contributed by atoms with Crippen molar-refractivity contribution in [3.63, 3.8) is 0 Å². The number of nitrogen functional groups attached to an aromatic ring is 2. The van der Waals surface area contributed by atoms with Gasteiger partial charge in [-0.25, -0.2) is 0 Å². The number of halogens is 1. The Morgan fingerprint density at radius 1 is 1.25 bits per heavy atom. The zero-order valence-electron chi connectivity index (χ0n) is 5.99. The molecule has 66 valence electrons. The molecule has 12 heavy (non-hydrogen) atoms. The molecule has 4 N–H and O–H groups in total. The number of nitrogens with two attached hydrogens (primary N) is 2. The largest absolute Gasteiger partial charge is 0.399 e. The minimum Gasteiger partial charge on any atom is -0.399 e. The maximum absolute atomic E-state index is 12.4. The first kappa shape index (κ1) is 8.79. The lowest BCUT2D eigenvalue weighted by Gasteiger charge is -2.00. The highest BCUT2D eigenvalue weighted by molar-refractivity contribution is 7.86. The molecule has 0 fully saturated rings. The lowest BCUT2D eigenvalue weighted by molar-refractivity contribution is 0.552. The predicted molar refractivity (Wildman–Crippen MR) is 43.6 cm³/mol. The van der Waals surface area contributed by atoms with E-state index in [1.165, 1.54) is 12.1 Å². The second-order valence-corrected chi connectivity index (χ2v) is 3.55. The molecular weight excluding hydrogens is 183 g/mol. The normalized spacial score (nSPS) is 11.4. The van der Waals surface area contributed by atoms with E-state index in [4.69, 9.17) is 11.5 Å². The van der Waals surface area contributed by atoms with Gasteiger partial charge in [0.15, 0.2) is 0 Å². The predicted octanol–water partition coefficient (Wildman–Crippen LogP) is 0.509. The van der Waals surface area contributed by atoms with Crippen molar-refractivity contribution in [3.8, 4) is 0 Å². The second kappa shape index (κ2) is 2.63. The summed E-state index contributed by atoms with van der Waals surface area (Å²) in [7, 11) is -4.76. The van der Waals surface area contributed by atoms with Gasteiger partial charge < -0.3 is 11.5 Å². The van der Waals surface area contributed by atoms with E-state index in [0.717, 1.165) is 6.07 Å². The van der Waals surface area contributed by atoms with Crippen LogP contribution in [0.5, 0.6) is 0 Å². The number of rotatable bonds is 1. The van der Waals surface area contributed by atoms with Crippen molar-refractivity contribution in [1.29, 1.82) is 0 Å². The van der Waals surface area contributed by atoms with E-state index in [9.17, 15) is 12.3 Å². The molecule has 0 heterocycles. The fourth-order valence-corrected chi connectivity index (χ4v) is 1.39. The van der Waals surface area contributed by atoms with Gasteiger partial charge in [-0.15, -0.1) is 3.89 Å². The van der Waals surface area contributed by atoms with Crippen LogP contribution >= 0.6 is 0 Å². The summed E-state index contributed by atoms with van der Waals surface area (Å²) in [4.78, 5) is -0.581. The van der Waals surface area contributed by atoms with Crippen LogP contribution in [-0.2, 0) is 10.2 Å². The van der Waals surface area contributed by atoms with Crippen LogP contribution < -0.4 is 11.5 Å². The monoisotopic (exact) mass is 190 g/mol. The molecule has 0 aromatic heterocycles. The van der Waals surface area contributed by atoms with Crippen LogP contribution in [-0.4, -0.2) is 8.42 Å². The maximum atomic E-state index is 12.4. The van der Waals surface area contributed by atoms with Crippen LogP contribution in [0.1, 0.15) is 0 Å². The van der Waals surface area contributed by atoms with Crippen LogP contribution in [0.3, 0.4) is 0 Å². The van der Waals surface area contributed by atoms with E-state index in [1.807, 2.05) is 0 Å². The van der Waals surface area contributed by atoms with Gasteiger partial charge in [0.2, 0.25) is 0 Å². The maximum Gasteiger partial charge on any atom is 0.334 e. The average molecular weight is 190 g/mol. The van der Waals surface area contributed by atoms with E-state index in [1.54, 1.807) is 0 Å². The third-order valence-corrected chi connectivity index (χ3v) is 2.18. The third-order valence-electron chi connectivity index (χ3n) is 1.30. The van der Waals surface area contributed by atoms with Gasteiger partial charge in [-0.05, 0) is 18.2 Å². The quantitative estimate of drug-likeness (QED) is 0.499. The molecule has 0 atom stereocenters. The Morgan fingerprint density at radius 2 is 1.83 bits per heavy atom. The highest BCUT2D eigenvalue weighted by Gasteiger charge is 2.15. The Morgan fingerprint density at radius 3 is 2.25 bits per heavy atom. The van der Waals surface area contributed by atoms with E-state index >= 15 is 0 Å². The molecule has 1 aromatic carbocycles. The molecule has 0 saturated carbocycles. The molecule has 0 radical (unpaired) electrons. The third kappa shape index (κ3) is 1.65. The van der Waals surface area contributed by atoms with Crippen LogP contribution in [0.4, 0.5) is 15.3 Å². The number of hydrogen-bond donors (Lipinski definition) is 2. The van der Waals surface area contributed by atoms with Gasteiger partial charge in [0.05, 0.1) is 5.69 Å². The number of anilines is 2. The van der Waals surface area contributed by atoms with Crippen molar-refractivity contribution in [2.24, 2.45) is 0 Å².